The van der Waals surface area contributed by atoms with Crippen LogP contribution in [0.1, 0.15) is 54.1 Å². The highest BCUT2D eigenvalue weighted by molar-refractivity contribution is 5.97. The number of aryl methyl sites for hydroxylation is 1. The summed E-state index contributed by atoms with van der Waals surface area (Å²) in [6.45, 7) is 1.73. The van der Waals surface area contributed by atoms with Crippen LogP contribution in [0.2, 0.25) is 0 Å². The average molecular weight is 499 g/mol. The van der Waals surface area contributed by atoms with Crippen molar-refractivity contribution in [3.8, 4) is 6.07 Å². The topological polar surface area (TPSA) is 107 Å². The first-order chi connectivity index (χ1) is 17.2. The number of hydrogen-bond donors (Lipinski definition) is 2. The number of halogens is 3. The van der Waals surface area contributed by atoms with Crippen LogP contribution in [0.15, 0.2) is 35.3 Å². The van der Waals surface area contributed by atoms with Crippen LogP contribution in [0.3, 0.4) is 0 Å². The maximum atomic E-state index is 13.4. The van der Waals surface area contributed by atoms with Crippen LogP contribution in [-0.2, 0) is 0 Å². The molecule has 8 nitrogen and oxygen atoms in total. The van der Waals surface area contributed by atoms with Gasteiger partial charge in [-0.1, -0.05) is 0 Å². The van der Waals surface area contributed by atoms with E-state index in [1.165, 1.54) is 6.07 Å². The second-order valence-electron chi connectivity index (χ2n) is 9.48. The number of nitrogens with one attached hydrogen (secondary N) is 2. The first-order valence-electron chi connectivity index (χ1n) is 11.9. The molecule has 0 spiro atoms. The van der Waals surface area contributed by atoms with Gasteiger partial charge in [-0.15, -0.1) is 0 Å². The van der Waals surface area contributed by atoms with E-state index >= 15 is 0 Å². The fourth-order valence-corrected chi connectivity index (χ4v) is 5.09. The number of nitrogens with zero attached hydrogens (tertiary/aromatic N) is 4. The Hall–Kier alpha value is -3.81. The number of aromatic amines is 1. The molecule has 11 heteroatoms. The van der Waals surface area contributed by atoms with Crippen LogP contribution in [0.4, 0.5) is 24.7 Å². The molecule has 2 atom stereocenters. The summed E-state index contributed by atoms with van der Waals surface area (Å²) in [5.74, 6) is -0.00189. The zero-order valence-corrected chi connectivity index (χ0v) is 19.6. The Morgan fingerprint density at radius 3 is 2.75 bits per heavy atom. The minimum absolute atomic E-state index is 0.0690. The standard InChI is InChI=1S/C25H25F3N6O2/c1-14-13-16(6-7-17(14)24(36)33-12-2-3-20(33)25(26,27)28)31-22-21-19(9-11-30-23(21)35)34(32-22)18(8-10-29)15-4-5-15/h6-7,9,11,13,15,18,20H,2-5,8,12H2,1H3,(H,30,35)(H,31,32)/t18?,20-/m0/s1. The van der Waals surface area contributed by atoms with Crippen LogP contribution in [0, 0.1) is 24.2 Å². The highest BCUT2D eigenvalue weighted by atomic mass is 19.4. The van der Waals surface area contributed by atoms with Crippen LogP contribution >= 0.6 is 0 Å². The molecule has 0 bridgehead atoms. The van der Waals surface area contributed by atoms with Crippen LogP contribution < -0.4 is 10.9 Å². The zero-order chi connectivity index (χ0) is 25.6. The number of carbonyl (C=O) groups excluding carboxylic acids is 1. The van der Waals surface area contributed by atoms with Crippen molar-refractivity contribution in [2.24, 2.45) is 5.92 Å². The number of H-pyrrole nitrogens is 1. The Kier molecular flexibility index (Phi) is 5.98. The van der Waals surface area contributed by atoms with Gasteiger partial charge >= 0.3 is 6.18 Å². The summed E-state index contributed by atoms with van der Waals surface area (Å²) >= 11 is 0. The Morgan fingerprint density at radius 2 is 2.08 bits per heavy atom. The minimum Gasteiger partial charge on any atom is -0.338 e. The summed E-state index contributed by atoms with van der Waals surface area (Å²) in [7, 11) is 0. The third kappa shape index (κ3) is 4.32. The largest absolute Gasteiger partial charge is 0.408 e. The summed E-state index contributed by atoms with van der Waals surface area (Å²) < 4.78 is 41.8. The van der Waals surface area contributed by atoms with Gasteiger partial charge in [0.05, 0.1) is 24.0 Å². The number of hydrogen-bond acceptors (Lipinski definition) is 5. The summed E-state index contributed by atoms with van der Waals surface area (Å²) in [6.07, 6.45) is -0.420. The number of amides is 1. The number of anilines is 2. The van der Waals surface area contributed by atoms with Gasteiger partial charge in [0.15, 0.2) is 5.82 Å². The molecule has 2 aliphatic rings. The van der Waals surface area contributed by atoms with Crippen molar-refractivity contribution in [1.29, 1.82) is 5.26 Å². The van der Waals surface area contributed by atoms with E-state index in [-0.39, 0.29) is 36.6 Å². The number of pyridine rings is 1. The number of benzene rings is 1. The number of aromatic nitrogens is 3. The lowest BCUT2D eigenvalue weighted by molar-refractivity contribution is -0.169. The minimum atomic E-state index is -4.46. The van der Waals surface area contributed by atoms with Gasteiger partial charge < -0.3 is 15.2 Å². The predicted molar refractivity (Wildman–Crippen MR) is 127 cm³/mol. The summed E-state index contributed by atoms with van der Waals surface area (Å²) in [5, 5.41) is 17.4. The molecule has 1 aromatic carbocycles. The van der Waals surface area contributed by atoms with E-state index in [1.54, 1.807) is 36.0 Å². The molecule has 3 aromatic rings. The molecule has 1 saturated carbocycles. The first-order valence-corrected chi connectivity index (χ1v) is 11.9. The molecule has 1 unspecified atom stereocenters. The Bertz CT molecular complexity index is 1420. The van der Waals surface area contributed by atoms with Crippen LogP contribution in [0.5, 0.6) is 0 Å². The molecule has 2 aromatic heterocycles. The summed E-state index contributed by atoms with van der Waals surface area (Å²) in [4.78, 5) is 29.2. The van der Waals surface area contributed by atoms with E-state index in [0.29, 0.717) is 40.3 Å². The molecule has 2 N–H and O–H groups in total. The van der Waals surface area contributed by atoms with Crippen molar-refractivity contribution in [3.05, 3.63) is 51.9 Å². The number of likely N-dealkylation sites (tertiary alicyclic amines) is 1. The summed E-state index contributed by atoms with van der Waals surface area (Å²) in [6, 6.07) is 6.80. The van der Waals surface area contributed by atoms with E-state index in [1.807, 2.05) is 0 Å². The SMILES string of the molecule is Cc1cc(Nc2nn(C(CC#N)C3CC3)c3cc[nH]c(=O)c23)ccc1C(=O)N1CCC[C@H]1C(F)(F)F. The summed E-state index contributed by atoms with van der Waals surface area (Å²) in [5.41, 5.74) is 1.53. The zero-order valence-electron chi connectivity index (χ0n) is 19.6. The van der Waals surface area contributed by atoms with Crippen molar-refractivity contribution in [3.63, 3.8) is 0 Å². The molecule has 1 aliphatic heterocycles. The average Bonchev–Trinajstić information content (AvgIpc) is 3.40. The smallest absolute Gasteiger partial charge is 0.338 e. The monoisotopic (exact) mass is 498 g/mol. The van der Waals surface area contributed by atoms with E-state index < -0.39 is 18.1 Å². The van der Waals surface area contributed by atoms with Gasteiger partial charge in [-0.25, -0.2) is 0 Å². The molecule has 0 radical (unpaired) electrons. The fraction of sp³-hybridized carbons (Fsp3) is 0.440. The fourth-order valence-electron chi connectivity index (χ4n) is 5.09. The van der Waals surface area contributed by atoms with E-state index in [0.717, 1.165) is 17.7 Å². The van der Waals surface area contributed by atoms with Gasteiger partial charge in [0.2, 0.25) is 0 Å². The number of carbonyl (C=O) groups is 1. The molecule has 5 rings (SSSR count). The molecular weight excluding hydrogens is 473 g/mol. The highest BCUT2D eigenvalue weighted by Gasteiger charge is 2.48. The van der Waals surface area contributed by atoms with Crippen molar-refractivity contribution in [2.45, 2.75) is 57.3 Å². The second kappa shape index (κ2) is 9.00. The first kappa shape index (κ1) is 23.9. The molecule has 3 heterocycles. The van der Waals surface area contributed by atoms with Gasteiger partial charge in [0, 0.05) is 24.0 Å². The van der Waals surface area contributed by atoms with Crippen LogP contribution in [0.25, 0.3) is 10.9 Å². The van der Waals surface area contributed by atoms with E-state index in [9.17, 15) is 28.0 Å². The Morgan fingerprint density at radius 1 is 1.31 bits per heavy atom. The van der Waals surface area contributed by atoms with Crippen molar-refractivity contribution in [1.82, 2.24) is 19.7 Å². The van der Waals surface area contributed by atoms with Gasteiger partial charge in [-0.2, -0.15) is 23.5 Å². The predicted octanol–water partition coefficient (Wildman–Crippen LogP) is 4.81. The van der Waals surface area contributed by atoms with Crippen molar-refractivity contribution in [2.75, 3.05) is 11.9 Å². The number of fused-ring (bicyclic) bond motifs is 1. The Balaban J connectivity index is 1.45. The third-order valence-electron chi connectivity index (χ3n) is 7.02. The van der Waals surface area contributed by atoms with Crippen molar-refractivity contribution < 1.29 is 18.0 Å². The number of nitriles is 1. The molecule has 2 fully saturated rings. The molecule has 1 amide bonds. The molecular formula is C25H25F3N6O2. The molecule has 1 aliphatic carbocycles. The highest BCUT2D eigenvalue weighted by Crippen LogP contribution is 2.43. The molecule has 188 valence electrons. The van der Waals surface area contributed by atoms with Gasteiger partial charge in [-0.05, 0) is 68.4 Å². The van der Waals surface area contributed by atoms with Crippen LogP contribution in [-0.4, -0.2) is 44.3 Å². The molecule has 36 heavy (non-hydrogen) atoms. The van der Waals surface area contributed by atoms with Gasteiger partial charge in [0.1, 0.15) is 11.4 Å². The normalized spacial score (nSPS) is 18.9. The Labute approximate surface area is 204 Å². The van der Waals surface area contributed by atoms with Gasteiger partial charge in [-0.3, -0.25) is 14.3 Å². The lowest BCUT2D eigenvalue weighted by Gasteiger charge is -2.27. The van der Waals surface area contributed by atoms with Crippen molar-refractivity contribution >= 4 is 28.3 Å². The lowest BCUT2D eigenvalue weighted by atomic mass is 10.1. The van der Waals surface area contributed by atoms with E-state index in [4.69, 9.17) is 0 Å². The number of rotatable bonds is 6. The van der Waals surface area contributed by atoms with Gasteiger partial charge in [0.25, 0.3) is 11.5 Å². The maximum absolute atomic E-state index is 13.4. The molecule has 1 saturated heterocycles. The van der Waals surface area contributed by atoms with E-state index in [2.05, 4.69) is 21.5 Å². The lowest BCUT2D eigenvalue weighted by Crippen LogP contribution is -2.44. The number of alkyl halides is 3. The quantitative estimate of drug-likeness (QED) is 0.507. The second-order valence-corrected chi connectivity index (χ2v) is 9.48. The third-order valence-corrected chi connectivity index (χ3v) is 7.02. The maximum Gasteiger partial charge on any atom is 0.408 e.